The average molecular weight is 418 g/mol. The third kappa shape index (κ3) is 3.79. The van der Waals surface area contributed by atoms with Crippen LogP contribution < -0.4 is 9.64 Å². The van der Waals surface area contributed by atoms with Gasteiger partial charge in [0.15, 0.2) is 15.0 Å². The second kappa shape index (κ2) is 7.28. The lowest BCUT2D eigenvalue weighted by Gasteiger charge is -2.28. The Morgan fingerprint density at radius 1 is 1.42 bits per heavy atom. The fourth-order valence-electron chi connectivity index (χ4n) is 3.02. The summed E-state index contributed by atoms with van der Waals surface area (Å²) in [7, 11) is 1.78. The second-order valence-corrected chi connectivity index (χ2v) is 9.92. The Labute approximate surface area is 162 Å². The Bertz CT molecular complexity index is 857. The van der Waals surface area contributed by atoms with Gasteiger partial charge in [-0.25, -0.2) is 8.42 Å². The predicted octanol–water partition coefficient (Wildman–Crippen LogP) is 1.51. The van der Waals surface area contributed by atoms with E-state index in [1.54, 1.807) is 39.4 Å². The summed E-state index contributed by atoms with van der Waals surface area (Å²) in [6.07, 6.45) is 0. The Balaban J connectivity index is 1.97. The van der Waals surface area contributed by atoms with Crippen LogP contribution in [0.4, 0.5) is 5.69 Å². The highest BCUT2D eigenvalue weighted by molar-refractivity contribution is 8.14. The number of carbonyl (C=O) groups is 1. The zero-order valence-electron chi connectivity index (χ0n) is 14.7. The van der Waals surface area contributed by atoms with Crippen molar-refractivity contribution in [1.29, 1.82) is 0 Å². The van der Waals surface area contributed by atoms with E-state index in [1.807, 2.05) is 4.90 Å². The highest BCUT2D eigenvalue weighted by Crippen LogP contribution is 2.40. The minimum Gasteiger partial charge on any atom is -0.495 e. The van der Waals surface area contributed by atoms with Gasteiger partial charge in [-0.05, 0) is 18.2 Å². The molecule has 1 fully saturated rings. The van der Waals surface area contributed by atoms with Crippen LogP contribution in [0.15, 0.2) is 23.2 Å². The third-order valence-corrected chi connectivity index (χ3v) is 7.22. The molecule has 10 heteroatoms. The molecular weight excluding hydrogens is 398 g/mol. The fourth-order valence-corrected chi connectivity index (χ4v) is 6.13. The SMILES string of the molecule is COc1ccc(Cl)cc1N1C(SCC(=O)N(C)C)=N[C@H]2CS(=O)(=O)C[C@@H]21. The summed E-state index contributed by atoms with van der Waals surface area (Å²) in [5.41, 5.74) is 0.660. The number of carbonyl (C=O) groups excluding carboxylic acids is 1. The van der Waals surface area contributed by atoms with Crippen LogP contribution >= 0.6 is 23.4 Å². The van der Waals surface area contributed by atoms with Crippen molar-refractivity contribution >= 4 is 50.0 Å². The molecule has 1 aromatic carbocycles. The number of aliphatic imine (C=N–C) groups is 1. The molecule has 26 heavy (non-hydrogen) atoms. The van der Waals surface area contributed by atoms with E-state index in [0.29, 0.717) is 21.6 Å². The summed E-state index contributed by atoms with van der Waals surface area (Å²) in [5, 5.41) is 1.13. The van der Waals surface area contributed by atoms with Gasteiger partial charge in [-0.3, -0.25) is 9.79 Å². The summed E-state index contributed by atoms with van der Waals surface area (Å²) in [6.45, 7) is 0. The van der Waals surface area contributed by atoms with E-state index in [-0.39, 0.29) is 35.2 Å². The molecule has 1 aromatic rings. The number of methoxy groups -OCH3 is 1. The normalized spacial score (nSPS) is 23.5. The molecule has 0 spiro atoms. The lowest BCUT2D eigenvalue weighted by Crippen LogP contribution is -2.39. The number of hydrogen-bond donors (Lipinski definition) is 0. The van der Waals surface area contributed by atoms with E-state index in [4.69, 9.17) is 16.3 Å². The molecule has 0 bridgehead atoms. The fraction of sp³-hybridized carbons (Fsp3) is 0.500. The van der Waals surface area contributed by atoms with E-state index in [2.05, 4.69) is 4.99 Å². The Hall–Kier alpha value is -1.45. The van der Waals surface area contributed by atoms with Crippen LogP contribution in [0.5, 0.6) is 5.75 Å². The van der Waals surface area contributed by atoms with Crippen molar-refractivity contribution in [2.45, 2.75) is 12.1 Å². The van der Waals surface area contributed by atoms with Crippen LogP contribution in [0.1, 0.15) is 0 Å². The van der Waals surface area contributed by atoms with Crippen LogP contribution in [-0.2, 0) is 14.6 Å². The van der Waals surface area contributed by atoms with Gasteiger partial charge in [0, 0.05) is 19.1 Å². The number of sulfone groups is 1. The summed E-state index contributed by atoms with van der Waals surface area (Å²) < 4.78 is 29.6. The Morgan fingerprint density at radius 3 is 2.81 bits per heavy atom. The van der Waals surface area contributed by atoms with Crippen molar-refractivity contribution in [2.75, 3.05) is 43.4 Å². The maximum absolute atomic E-state index is 12.1. The molecule has 1 saturated heterocycles. The van der Waals surface area contributed by atoms with Crippen molar-refractivity contribution in [3.05, 3.63) is 23.2 Å². The molecule has 0 N–H and O–H groups in total. The van der Waals surface area contributed by atoms with Gasteiger partial charge in [0.2, 0.25) is 5.91 Å². The molecule has 142 valence electrons. The molecule has 2 aliphatic heterocycles. The summed E-state index contributed by atoms with van der Waals surface area (Å²) in [4.78, 5) is 19.9. The number of anilines is 1. The quantitative estimate of drug-likeness (QED) is 0.738. The van der Waals surface area contributed by atoms with Crippen LogP contribution in [0.2, 0.25) is 5.02 Å². The van der Waals surface area contributed by atoms with Crippen LogP contribution in [0.3, 0.4) is 0 Å². The number of amides is 1. The largest absolute Gasteiger partial charge is 0.495 e. The second-order valence-electron chi connectivity index (χ2n) is 6.39. The minimum atomic E-state index is -3.15. The number of ether oxygens (including phenoxy) is 1. The number of fused-ring (bicyclic) bond motifs is 1. The smallest absolute Gasteiger partial charge is 0.232 e. The highest BCUT2D eigenvalue weighted by atomic mass is 35.5. The van der Waals surface area contributed by atoms with Gasteiger partial charge >= 0.3 is 0 Å². The molecule has 1 amide bonds. The predicted molar refractivity (Wildman–Crippen MR) is 105 cm³/mol. The zero-order chi connectivity index (χ0) is 19.1. The number of rotatable bonds is 4. The van der Waals surface area contributed by atoms with Gasteiger partial charge < -0.3 is 14.5 Å². The zero-order valence-corrected chi connectivity index (χ0v) is 17.1. The molecular formula is C16H20ClN3O4S2. The first-order valence-corrected chi connectivity index (χ1v) is 11.1. The number of thioether (sulfide) groups is 1. The Morgan fingerprint density at radius 2 is 2.15 bits per heavy atom. The van der Waals surface area contributed by atoms with Crippen molar-refractivity contribution < 1.29 is 17.9 Å². The molecule has 0 radical (unpaired) electrons. The molecule has 0 aliphatic carbocycles. The maximum Gasteiger partial charge on any atom is 0.232 e. The van der Waals surface area contributed by atoms with Gasteiger partial charge in [0.1, 0.15) is 5.75 Å². The molecule has 2 atom stereocenters. The molecule has 7 nitrogen and oxygen atoms in total. The van der Waals surface area contributed by atoms with Gasteiger partial charge in [0.25, 0.3) is 0 Å². The number of nitrogens with zero attached hydrogens (tertiary/aromatic N) is 3. The molecule has 3 rings (SSSR count). The summed E-state index contributed by atoms with van der Waals surface area (Å²) >= 11 is 7.46. The van der Waals surface area contributed by atoms with E-state index in [0.717, 1.165) is 0 Å². The van der Waals surface area contributed by atoms with Crippen molar-refractivity contribution in [2.24, 2.45) is 4.99 Å². The Kier molecular flexibility index (Phi) is 5.41. The summed E-state index contributed by atoms with van der Waals surface area (Å²) in [6, 6.07) is 4.52. The number of amidine groups is 1. The molecule has 0 saturated carbocycles. The minimum absolute atomic E-state index is 0.0164. The van der Waals surface area contributed by atoms with Crippen LogP contribution in [0.25, 0.3) is 0 Å². The van der Waals surface area contributed by atoms with Gasteiger partial charge in [0.05, 0.1) is 42.1 Å². The lowest BCUT2D eigenvalue weighted by molar-refractivity contribution is -0.125. The van der Waals surface area contributed by atoms with Crippen molar-refractivity contribution in [1.82, 2.24) is 4.90 Å². The lowest BCUT2D eigenvalue weighted by atomic mass is 10.1. The van der Waals surface area contributed by atoms with Crippen molar-refractivity contribution in [3.8, 4) is 5.75 Å². The van der Waals surface area contributed by atoms with Crippen molar-refractivity contribution in [3.63, 3.8) is 0 Å². The topological polar surface area (TPSA) is 79.3 Å². The van der Waals surface area contributed by atoms with Gasteiger partial charge in [-0.15, -0.1) is 0 Å². The van der Waals surface area contributed by atoms with Gasteiger partial charge in [-0.2, -0.15) is 0 Å². The molecule has 0 aromatic heterocycles. The molecule has 0 unspecified atom stereocenters. The number of halogens is 1. The third-order valence-electron chi connectivity index (χ3n) is 4.33. The highest BCUT2D eigenvalue weighted by Gasteiger charge is 2.47. The first kappa shape index (κ1) is 19.3. The van der Waals surface area contributed by atoms with Gasteiger partial charge in [-0.1, -0.05) is 23.4 Å². The molecule has 2 heterocycles. The number of benzene rings is 1. The monoisotopic (exact) mass is 417 g/mol. The summed E-state index contributed by atoms with van der Waals surface area (Å²) in [5.74, 6) is 0.787. The first-order chi connectivity index (χ1) is 12.2. The van der Waals surface area contributed by atoms with E-state index >= 15 is 0 Å². The maximum atomic E-state index is 12.1. The van der Waals surface area contributed by atoms with E-state index < -0.39 is 9.84 Å². The first-order valence-electron chi connectivity index (χ1n) is 7.96. The number of hydrogen-bond acceptors (Lipinski definition) is 7. The average Bonchev–Trinajstić information content (AvgIpc) is 3.03. The standard InChI is InChI=1S/C16H20ClN3O4S2/c1-19(2)15(21)7-25-16-18-11-8-26(22,23)9-13(11)20(16)12-6-10(17)4-5-14(12)24-3/h4-6,11,13H,7-9H2,1-3H3/t11-,13-/m0/s1. The van der Waals surface area contributed by atoms with E-state index in [1.165, 1.54) is 16.7 Å². The van der Waals surface area contributed by atoms with E-state index in [9.17, 15) is 13.2 Å². The van der Waals surface area contributed by atoms with Crippen LogP contribution in [0, 0.1) is 0 Å². The van der Waals surface area contributed by atoms with Crippen LogP contribution in [-0.4, -0.2) is 74.9 Å². The molecule has 2 aliphatic rings.